The van der Waals surface area contributed by atoms with Crippen LogP contribution in [0.25, 0.3) is 11.3 Å². The van der Waals surface area contributed by atoms with Gasteiger partial charge in [-0.1, -0.05) is 6.92 Å². The Hall–Kier alpha value is -3.72. The first-order valence-corrected chi connectivity index (χ1v) is 12.0. The molecule has 4 rings (SSSR count). The van der Waals surface area contributed by atoms with Crippen molar-refractivity contribution >= 4 is 46.1 Å². The van der Waals surface area contributed by atoms with Crippen LogP contribution in [0.5, 0.6) is 5.75 Å². The molecule has 34 heavy (non-hydrogen) atoms. The molecule has 176 valence electrons. The molecule has 2 heterocycles. The molecule has 2 N–H and O–H groups in total. The summed E-state index contributed by atoms with van der Waals surface area (Å²) in [4.78, 5) is 43.0. The Bertz CT molecular complexity index is 1220. The highest BCUT2D eigenvalue weighted by Crippen LogP contribution is 2.37. The topological polar surface area (TPSA) is 101 Å². The van der Waals surface area contributed by atoms with Crippen molar-refractivity contribution in [3.8, 4) is 17.0 Å². The summed E-state index contributed by atoms with van der Waals surface area (Å²) in [6, 6.07) is 12.4. The monoisotopic (exact) mass is 478 g/mol. The first-order chi connectivity index (χ1) is 16.3. The summed E-state index contributed by atoms with van der Waals surface area (Å²) in [6.07, 6.45) is 1.25. The standard InChI is InChI=1S/C25H26N4O4S/c1-4-5-24-28-20(14-34-24)17-6-11-22-21(12-17)29(25(32)15(2)33-22)13-23(31)27-19-9-7-18(8-10-19)26-16(3)30/h6-12,14-15H,4-5,13H2,1-3H3,(H,26,30)(H,27,31). The fourth-order valence-corrected chi connectivity index (χ4v) is 4.60. The maximum Gasteiger partial charge on any atom is 0.268 e. The van der Waals surface area contributed by atoms with E-state index in [0.29, 0.717) is 22.8 Å². The largest absolute Gasteiger partial charge is 0.479 e. The van der Waals surface area contributed by atoms with E-state index in [1.165, 1.54) is 11.8 Å². The number of rotatable bonds is 7. The Morgan fingerprint density at radius 1 is 1.12 bits per heavy atom. The number of carbonyl (C=O) groups excluding carboxylic acids is 3. The van der Waals surface area contributed by atoms with E-state index in [9.17, 15) is 14.4 Å². The predicted molar refractivity (Wildman–Crippen MR) is 133 cm³/mol. The lowest BCUT2D eigenvalue weighted by atomic mass is 10.1. The molecule has 1 unspecified atom stereocenters. The highest BCUT2D eigenvalue weighted by molar-refractivity contribution is 7.09. The number of ether oxygens (including phenoxy) is 1. The average molecular weight is 479 g/mol. The Morgan fingerprint density at radius 2 is 1.82 bits per heavy atom. The molecule has 0 spiro atoms. The SMILES string of the molecule is CCCc1nc(-c2ccc3c(c2)N(CC(=O)Nc2ccc(NC(C)=O)cc2)C(=O)C(C)O3)cs1. The van der Waals surface area contributed by atoms with Gasteiger partial charge >= 0.3 is 0 Å². The zero-order valence-electron chi connectivity index (χ0n) is 19.3. The molecule has 1 aromatic heterocycles. The smallest absolute Gasteiger partial charge is 0.268 e. The van der Waals surface area contributed by atoms with Gasteiger partial charge in [0.05, 0.1) is 16.4 Å². The van der Waals surface area contributed by atoms with Crippen molar-refractivity contribution < 1.29 is 19.1 Å². The highest BCUT2D eigenvalue weighted by atomic mass is 32.1. The number of nitrogens with one attached hydrogen (secondary N) is 2. The summed E-state index contributed by atoms with van der Waals surface area (Å²) < 4.78 is 5.78. The molecule has 0 radical (unpaired) electrons. The van der Waals surface area contributed by atoms with Crippen LogP contribution < -0.4 is 20.3 Å². The summed E-state index contributed by atoms with van der Waals surface area (Å²) in [5.74, 6) is -0.253. The number of anilines is 3. The summed E-state index contributed by atoms with van der Waals surface area (Å²) >= 11 is 1.61. The van der Waals surface area contributed by atoms with Gasteiger partial charge in [-0.3, -0.25) is 19.3 Å². The lowest BCUT2D eigenvalue weighted by Gasteiger charge is -2.32. The minimum Gasteiger partial charge on any atom is -0.479 e. The molecule has 0 aliphatic carbocycles. The van der Waals surface area contributed by atoms with Crippen LogP contribution in [0.4, 0.5) is 17.1 Å². The van der Waals surface area contributed by atoms with Crippen LogP contribution in [-0.4, -0.2) is 35.4 Å². The number of hydrogen-bond donors (Lipinski definition) is 2. The van der Waals surface area contributed by atoms with Crippen molar-refractivity contribution in [2.75, 3.05) is 22.1 Å². The molecule has 1 aliphatic rings. The minimum absolute atomic E-state index is 0.158. The number of aryl methyl sites for hydroxylation is 1. The van der Waals surface area contributed by atoms with Gasteiger partial charge in [0, 0.05) is 29.2 Å². The second-order valence-electron chi connectivity index (χ2n) is 8.05. The summed E-state index contributed by atoms with van der Waals surface area (Å²) in [5, 5.41) is 8.55. The van der Waals surface area contributed by atoms with E-state index >= 15 is 0 Å². The molecular formula is C25H26N4O4S. The Balaban J connectivity index is 1.53. The van der Waals surface area contributed by atoms with Crippen LogP contribution in [0, 0.1) is 0 Å². The normalized spacial score (nSPS) is 14.9. The van der Waals surface area contributed by atoms with E-state index in [1.807, 2.05) is 23.6 Å². The highest BCUT2D eigenvalue weighted by Gasteiger charge is 2.33. The van der Waals surface area contributed by atoms with E-state index in [2.05, 4.69) is 22.5 Å². The molecule has 2 aromatic carbocycles. The second-order valence-corrected chi connectivity index (χ2v) is 8.99. The van der Waals surface area contributed by atoms with Gasteiger partial charge in [-0.25, -0.2) is 4.98 Å². The second kappa shape index (κ2) is 10.0. The molecule has 0 fully saturated rings. The molecule has 0 bridgehead atoms. The Kier molecular flexibility index (Phi) is 6.93. The van der Waals surface area contributed by atoms with Crippen molar-refractivity contribution in [3.05, 3.63) is 52.9 Å². The Morgan fingerprint density at radius 3 is 2.50 bits per heavy atom. The zero-order chi connectivity index (χ0) is 24.2. The molecule has 3 amide bonds. The van der Waals surface area contributed by atoms with Crippen molar-refractivity contribution in [1.29, 1.82) is 0 Å². The summed E-state index contributed by atoms with van der Waals surface area (Å²) in [7, 11) is 0. The van der Waals surface area contributed by atoms with Crippen LogP contribution in [0.1, 0.15) is 32.2 Å². The number of aromatic nitrogens is 1. The number of nitrogens with zero attached hydrogens (tertiary/aromatic N) is 2. The number of carbonyl (C=O) groups is 3. The van der Waals surface area contributed by atoms with Crippen molar-refractivity contribution in [2.24, 2.45) is 0 Å². The maximum absolute atomic E-state index is 12.9. The molecule has 1 aliphatic heterocycles. The number of fused-ring (bicyclic) bond motifs is 1. The lowest BCUT2D eigenvalue weighted by molar-refractivity contribution is -0.127. The van der Waals surface area contributed by atoms with Gasteiger partial charge in [0.2, 0.25) is 11.8 Å². The summed E-state index contributed by atoms with van der Waals surface area (Å²) in [5.41, 5.74) is 3.44. The first-order valence-electron chi connectivity index (χ1n) is 11.1. The number of amides is 3. The predicted octanol–water partition coefficient (Wildman–Crippen LogP) is 4.47. The van der Waals surface area contributed by atoms with Gasteiger partial charge in [0.1, 0.15) is 12.3 Å². The van der Waals surface area contributed by atoms with Crippen LogP contribution in [-0.2, 0) is 20.8 Å². The van der Waals surface area contributed by atoms with Crippen molar-refractivity contribution in [3.63, 3.8) is 0 Å². The van der Waals surface area contributed by atoms with Crippen LogP contribution in [0.15, 0.2) is 47.8 Å². The molecule has 3 aromatic rings. The molecule has 1 atom stereocenters. The van der Waals surface area contributed by atoms with Crippen LogP contribution in [0.2, 0.25) is 0 Å². The van der Waals surface area contributed by atoms with E-state index in [-0.39, 0.29) is 24.3 Å². The molecule has 0 saturated carbocycles. The fraction of sp³-hybridized carbons (Fsp3) is 0.280. The summed E-state index contributed by atoms with van der Waals surface area (Å²) in [6.45, 7) is 5.05. The van der Waals surface area contributed by atoms with E-state index < -0.39 is 6.10 Å². The quantitative estimate of drug-likeness (QED) is 0.522. The maximum atomic E-state index is 12.9. The third kappa shape index (κ3) is 5.26. The van der Waals surface area contributed by atoms with Gasteiger partial charge in [-0.2, -0.15) is 0 Å². The van der Waals surface area contributed by atoms with Crippen molar-refractivity contribution in [1.82, 2.24) is 4.98 Å². The number of hydrogen-bond acceptors (Lipinski definition) is 6. The Labute approximate surface area is 202 Å². The molecule has 0 saturated heterocycles. The lowest BCUT2D eigenvalue weighted by Crippen LogP contribution is -2.47. The van der Waals surface area contributed by atoms with E-state index in [0.717, 1.165) is 29.1 Å². The van der Waals surface area contributed by atoms with Gasteiger partial charge in [-0.05, 0) is 62.2 Å². The van der Waals surface area contributed by atoms with Gasteiger partial charge in [0.25, 0.3) is 5.91 Å². The van der Waals surface area contributed by atoms with Crippen LogP contribution >= 0.6 is 11.3 Å². The van der Waals surface area contributed by atoms with Crippen molar-refractivity contribution in [2.45, 2.75) is 39.7 Å². The molecule has 9 heteroatoms. The van der Waals surface area contributed by atoms with Gasteiger partial charge in [0.15, 0.2) is 6.10 Å². The third-order valence-electron chi connectivity index (χ3n) is 5.27. The average Bonchev–Trinajstić information content (AvgIpc) is 3.26. The van der Waals surface area contributed by atoms with E-state index in [1.54, 1.807) is 42.5 Å². The number of thiazole rings is 1. The van der Waals surface area contributed by atoms with Gasteiger partial charge in [-0.15, -0.1) is 11.3 Å². The fourth-order valence-electron chi connectivity index (χ4n) is 3.69. The van der Waals surface area contributed by atoms with E-state index in [4.69, 9.17) is 4.74 Å². The number of benzene rings is 2. The molecule has 8 nitrogen and oxygen atoms in total. The van der Waals surface area contributed by atoms with Crippen LogP contribution in [0.3, 0.4) is 0 Å². The third-order valence-corrected chi connectivity index (χ3v) is 6.18. The molecular weight excluding hydrogens is 452 g/mol. The van der Waals surface area contributed by atoms with Gasteiger partial charge < -0.3 is 15.4 Å². The first kappa shape index (κ1) is 23.4. The zero-order valence-corrected chi connectivity index (χ0v) is 20.1. The minimum atomic E-state index is -0.696.